The summed E-state index contributed by atoms with van der Waals surface area (Å²) < 4.78 is 5.46. The van der Waals surface area contributed by atoms with Gasteiger partial charge in [0.05, 0.1) is 6.61 Å². The lowest BCUT2D eigenvalue weighted by molar-refractivity contribution is 0.152. The van der Waals surface area contributed by atoms with Crippen molar-refractivity contribution in [1.29, 1.82) is 0 Å². The Morgan fingerprint density at radius 3 is 2.94 bits per heavy atom. The highest BCUT2D eigenvalue weighted by atomic mass is 35.5. The lowest BCUT2D eigenvalue weighted by Crippen LogP contribution is -2.26. The van der Waals surface area contributed by atoms with Crippen LogP contribution in [0.5, 0.6) is 0 Å². The molecule has 0 aliphatic carbocycles. The van der Waals surface area contributed by atoms with E-state index in [2.05, 4.69) is 17.0 Å². The molecule has 0 bridgehead atoms. The van der Waals surface area contributed by atoms with Gasteiger partial charge in [0.1, 0.15) is 0 Å². The highest BCUT2D eigenvalue weighted by molar-refractivity contribution is 6.31. The molecule has 0 radical (unpaired) electrons. The van der Waals surface area contributed by atoms with E-state index in [9.17, 15) is 0 Å². The quantitative estimate of drug-likeness (QED) is 0.915. The highest BCUT2D eigenvalue weighted by Crippen LogP contribution is 2.25. The fraction of sp³-hybridized carbons (Fsp3) is 0.571. The van der Waals surface area contributed by atoms with Crippen molar-refractivity contribution >= 4 is 17.3 Å². The Bertz CT molecular complexity index is 387. The second-order valence-electron chi connectivity index (χ2n) is 4.91. The Balaban J connectivity index is 2.11. The number of hydrogen-bond acceptors (Lipinski definition) is 3. The van der Waals surface area contributed by atoms with Gasteiger partial charge in [-0.15, -0.1) is 0 Å². The van der Waals surface area contributed by atoms with Crippen LogP contribution in [-0.2, 0) is 11.2 Å². The van der Waals surface area contributed by atoms with Crippen molar-refractivity contribution in [1.82, 2.24) is 0 Å². The van der Waals surface area contributed by atoms with Crippen molar-refractivity contribution < 1.29 is 4.74 Å². The van der Waals surface area contributed by atoms with Crippen LogP contribution in [0.25, 0.3) is 0 Å². The summed E-state index contributed by atoms with van der Waals surface area (Å²) in [4.78, 5) is 2.33. The predicted octanol–water partition coefficient (Wildman–Crippen LogP) is 2.46. The molecule has 0 amide bonds. The largest absolute Gasteiger partial charge is 0.380 e. The third-order valence-electron chi connectivity index (χ3n) is 3.17. The third kappa shape index (κ3) is 3.61. The molecule has 3 nitrogen and oxygen atoms in total. The van der Waals surface area contributed by atoms with Gasteiger partial charge in [-0.25, -0.2) is 0 Å². The second kappa shape index (κ2) is 6.41. The molecule has 0 aromatic heterocycles. The maximum Gasteiger partial charge on any atom is 0.0641 e. The Kier molecular flexibility index (Phi) is 4.87. The van der Waals surface area contributed by atoms with Crippen LogP contribution in [-0.4, -0.2) is 32.3 Å². The summed E-state index contributed by atoms with van der Waals surface area (Å²) in [6.45, 7) is 5.61. The fourth-order valence-electron chi connectivity index (χ4n) is 2.25. The Labute approximate surface area is 114 Å². The number of halogens is 1. The number of nitrogens with two attached hydrogens (primary N) is 1. The number of benzene rings is 1. The molecular weight excluding hydrogens is 248 g/mol. The van der Waals surface area contributed by atoms with Crippen molar-refractivity contribution in [2.24, 2.45) is 5.73 Å². The molecular formula is C14H21ClN2O. The van der Waals surface area contributed by atoms with Gasteiger partial charge in [0, 0.05) is 36.4 Å². The molecule has 18 heavy (non-hydrogen) atoms. The molecule has 2 rings (SSSR count). The molecule has 1 aliphatic rings. The van der Waals surface area contributed by atoms with Crippen LogP contribution in [0.15, 0.2) is 18.2 Å². The third-order valence-corrected chi connectivity index (χ3v) is 3.52. The highest BCUT2D eigenvalue weighted by Gasteiger charge is 2.12. The van der Waals surface area contributed by atoms with Gasteiger partial charge in [-0.05, 0) is 37.5 Å². The van der Waals surface area contributed by atoms with Gasteiger partial charge in [0.25, 0.3) is 0 Å². The van der Waals surface area contributed by atoms with Crippen LogP contribution < -0.4 is 10.6 Å². The average Bonchev–Trinajstić information content (AvgIpc) is 2.60. The fourth-order valence-corrected chi connectivity index (χ4v) is 2.50. The van der Waals surface area contributed by atoms with Crippen molar-refractivity contribution in [2.75, 3.05) is 31.2 Å². The summed E-state index contributed by atoms with van der Waals surface area (Å²) in [7, 11) is 0. The van der Waals surface area contributed by atoms with Gasteiger partial charge in [-0.1, -0.05) is 17.7 Å². The van der Waals surface area contributed by atoms with Crippen LogP contribution in [0.3, 0.4) is 0 Å². The van der Waals surface area contributed by atoms with Crippen LogP contribution >= 0.6 is 11.6 Å². The van der Waals surface area contributed by atoms with Gasteiger partial charge in [-0.3, -0.25) is 0 Å². The van der Waals surface area contributed by atoms with Crippen LogP contribution in [0, 0.1) is 0 Å². The number of hydrogen-bond donors (Lipinski definition) is 1. The van der Waals surface area contributed by atoms with E-state index in [1.807, 2.05) is 13.0 Å². The monoisotopic (exact) mass is 268 g/mol. The summed E-state index contributed by atoms with van der Waals surface area (Å²) in [5, 5.41) is 0.815. The molecule has 4 heteroatoms. The molecule has 1 aromatic carbocycles. The molecule has 1 atom stereocenters. The minimum absolute atomic E-state index is 0.139. The predicted molar refractivity (Wildman–Crippen MR) is 76.5 cm³/mol. The zero-order chi connectivity index (χ0) is 13.0. The zero-order valence-corrected chi connectivity index (χ0v) is 11.6. The summed E-state index contributed by atoms with van der Waals surface area (Å²) >= 11 is 6.32. The van der Waals surface area contributed by atoms with E-state index in [0.717, 1.165) is 49.7 Å². The lowest BCUT2D eigenvalue weighted by atomic mass is 10.1. The first-order valence-electron chi connectivity index (χ1n) is 6.53. The van der Waals surface area contributed by atoms with Crippen molar-refractivity contribution in [3.63, 3.8) is 0 Å². The first-order chi connectivity index (χ1) is 8.66. The van der Waals surface area contributed by atoms with E-state index in [4.69, 9.17) is 22.1 Å². The summed E-state index contributed by atoms with van der Waals surface area (Å²) in [6.07, 6.45) is 1.89. The first kappa shape index (κ1) is 13.7. The van der Waals surface area contributed by atoms with E-state index in [0.29, 0.717) is 0 Å². The molecule has 1 aromatic rings. The van der Waals surface area contributed by atoms with Gasteiger partial charge < -0.3 is 15.4 Å². The summed E-state index contributed by atoms with van der Waals surface area (Å²) in [6, 6.07) is 6.41. The minimum Gasteiger partial charge on any atom is -0.380 e. The van der Waals surface area contributed by atoms with Gasteiger partial charge in [-0.2, -0.15) is 0 Å². The van der Waals surface area contributed by atoms with Crippen molar-refractivity contribution in [3.8, 4) is 0 Å². The maximum atomic E-state index is 6.32. The van der Waals surface area contributed by atoms with Crippen LogP contribution in [0.4, 0.5) is 5.69 Å². The molecule has 1 heterocycles. The van der Waals surface area contributed by atoms with Gasteiger partial charge in [0.15, 0.2) is 0 Å². The van der Waals surface area contributed by atoms with E-state index in [-0.39, 0.29) is 6.04 Å². The van der Waals surface area contributed by atoms with Crippen molar-refractivity contribution in [3.05, 3.63) is 28.8 Å². The smallest absolute Gasteiger partial charge is 0.0641 e. The SMILES string of the molecule is CC(N)Cc1ccc(N2CCCOCC2)cc1Cl. The first-order valence-corrected chi connectivity index (χ1v) is 6.91. The molecule has 100 valence electrons. The number of anilines is 1. The zero-order valence-electron chi connectivity index (χ0n) is 10.9. The van der Waals surface area contributed by atoms with E-state index >= 15 is 0 Å². The van der Waals surface area contributed by atoms with Crippen LogP contribution in [0.2, 0.25) is 5.02 Å². The van der Waals surface area contributed by atoms with Gasteiger partial charge in [0.2, 0.25) is 0 Å². The topological polar surface area (TPSA) is 38.5 Å². The van der Waals surface area contributed by atoms with E-state index < -0.39 is 0 Å². The number of ether oxygens (including phenoxy) is 1. The summed E-state index contributed by atoms with van der Waals surface area (Å²) in [5.74, 6) is 0. The Morgan fingerprint density at radius 2 is 2.22 bits per heavy atom. The molecule has 0 spiro atoms. The molecule has 1 aliphatic heterocycles. The lowest BCUT2D eigenvalue weighted by Gasteiger charge is -2.22. The average molecular weight is 269 g/mol. The molecule has 0 saturated carbocycles. The van der Waals surface area contributed by atoms with Gasteiger partial charge >= 0.3 is 0 Å². The molecule has 1 fully saturated rings. The normalized spacial score (nSPS) is 18.5. The molecule has 2 N–H and O–H groups in total. The number of nitrogens with zero attached hydrogens (tertiary/aromatic N) is 1. The second-order valence-corrected chi connectivity index (χ2v) is 5.32. The van der Waals surface area contributed by atoms with Crippen molar-refractivity contribution in [2.45, 2.75) is 25.8 Å². The number of rotatable bonds is 3. The Hall–Kier alpha value is -0.770. The molecule has 1 saturated heterocycles. The van der Waals surface area contributed by atoms with E-state index in [1.54, 1.807) is 0 Å². The Morgan fingerprint density at radius 1 is 1.39 bits per heavy atom. The standard InChI is InChI=1S/C14H21ClN2O/c1-11(16)9-12-3-4-13(10-14(12)15)17-5-2-7-18-8-6-17/h3-4,10-11H,2,5-9,16H2,1H3. The minimum atomic E-state index is 0.139. The van der Waals surface area contributed by atoms with E-state index in [1.165, 1.54) is 5.69 Å². The molecule has 1 unspecified atom stereocenters. The van der Waals surface area contributed by atoms with Crippen LogP contribution in [0.1, 0.15) is 18.9 Å². The maximum absolute atomic E-state index is 6.32. The summed E-state index contributed by atoms with van der Waals surface area (Å²) in [5.41, 5.74) is 8.12.